The Morgan fingerprint density at radius 2 is 2.05 bits per heavy atom. The highest BCUT2D eigenvalue weighted by molar-refractivity contribution is 9.10. The summed E-state index contributed by atoms with van der Waals surface area (Å²) in [5.74, 6) is 0. The van der Waals surface area contributed by atoms with E-state index in [1.54, 1.807) is 14.2 Å². The lowest BCUT2D eigenvalue weighted by atomic mass is 10.1. The first-order chi connectivity index (χ1) is 10.1. The molecule has 0 saturated carbocycles. The van der Waals surface area contributed by atoms with Crippen molar-refractivity contribution in [1.29, 1.82) is 0 Å². The normalized spacial score (nSPS) is 12.4. The molecule has 0 aliphatic carbocycles. The molecule has 120 valence electrons. The number of ether oxygens (including phenoxy) is 2. The van der Waals surface area contributed by atoms with Crippen LogP contribution in [0.3, 0.4) is 0 Å². The zero-order valence-corrected chi connectivity index (χ0v) is 15.1. The Morgan fingerprint density at radius 3 is 2.62 bits per heavy atom. The number of anilines is 1. The molecule has 0 amide bonds. The third kappa shape index (κ3) is 5.94. The Kier molecular flexibility index (Phi) is 8.92. The minimum absolute atomic E-state index is 0.293. The van der Waals surface area contributed by atoms with Gasteiger partial charge in [0.05, 0.1) is 18.9 Å². The molecule has 0 spiro atoms. The Hall–Kier alpha value is -0.620. The quantitative estimate of drug-likeness (QED) is 0.696. The minimum Gasteiger partial charge on any atom is -0.383 e. The van der Waals surface area contributed by atoms with Gasteiger partial charge in [-0.25, -0.2) is 0 Å². The van der Waals surface area contributed by atoms with Crippen LogP contribution in [0.15, 0.2) is 22.7 Å². The summed E-state index contributed by atoms with van der Waals surface area (Å²) in [6.07, 6.45) is 0. The van der Waals surface area contributed by atoms with Crippen molar-refractivity contribution in [2.45, 2.75) is 26.4 Å². The van der Waals surface area contributed by atoms with Gasteiger partial charge in [-0.15, -0.1) is 0 Å². The second kappa shape index (κ2) is 10.2. The fraction of sp³-hybridized carbons (Fsp3) is 0.625. The second-order valence-corrected chi connectivity index (χ2v) is 5.91. The van der Waals surface area contributed by atoms with Gasteiger partial charge in [-0.3, -0.25) is 0 Å². The molecule has 1 aromatic rings. The highest BCUT2D eigenvalue weighted by atomic mass is 79.9. The average molecular weight is 359 g/mol. The molecule has 1 rings (SSSR count). The molecule has 0 fully saturated rings. The van der Waals surface area contributed by atoms with E-state index in [0.717, 1.165) is 24.1 Å². The number of nitrogens with zero attached hydrogens (tertiary/aromatic N) is 1. The van der Waals surface area contributed by atoms with Gasteiger partial charge >= 0.3 is 0 Å². The van der Waals surface area contributed by atoms with E-state index in [9.17, 15) is 0 Å². The fourth-order valence-electron chi connectivity index (χ4n) is 2.26. The van der Waals surface area contributed by atoms with Gasteiger partial charge in [0, 0.05) is 37.8 Å². The summed E-state index contributed by atoms with van der Waals surface area (Å²) >= 11 is 3.70. The van der Waals surface area contributed by atoms with Gasteiger partial charge in [-0.2, -0.15) is 0 Å². The zero-order chi connectivity index (χ0) is 15.7. The van der Waals surface area contributed by atoms with E-state index in [1.165, 1.54) is 11.3 Å². The van der Waals surface area contributed by atoms with E-state index < -0.39 is 0 Å². The van der Waals surface area contributed by atoms with Crippen molar-refractivity contribution < 1.29 is 9.47 Å². The van der Waals surface area contributed by atoms with Gasteiger partial charge in [-0.1, -0.05) is 13.0 Å². The lowest BCUT2D eigenvalue weighted by Crippen LogP contribution is -2.38. The van der Waals surface area contributed by atoms with Crippen molar-refractivity contribution in [2.24, 2.45) is 0 Å². The van der Waals surface area contributed by atoms with Gasteiger partial charge in [0.25, 0.3) is 0 Å². The van der Waals surface area contributed by atoms with Gasteiger partial charge in [0.1, 0.15) is 0 Å². The van der Waals surface area contributed by atoms with E-state index >= 15 is 0 Å². The van der Waals surface area contributed by atoms with Crippen LogP contribution in [0.5, 0.6) is 0 Å². The summed E-state index contributed by atoms with van der Waals surface area (Å²) in [6, 6.07) is 6.80. The van der Waals surface area contributed by atoms with E-state index in [4.69, 9.17) is 9.47 Å². The maximum Gasteiger partial charge on any atom is 0.0663 e. The van der Waals surface area contributed by atoms with Crippen LogP contribution in [0.1, 0.15) is 19.4 Å². The molecule has 1 unspecified atom stereocenters. The third-order valence-corrected chi connectivity index (χ3v) is 4.01. The van der Waals surface area contributed by atoms with Crippen LogP contribution in [0.2, 0.25) is 0 Å². The Bertz CT molecular complexity index is 415. The molecule has 0 aromatic heterocycles. The topological polar surface area (TPSA) is 33.7 Å². The number of hydrogen-bond donors (Lipinski definition) is 1. The molecule has 0 heterocycles. The molecule has 4 nitrogen and oxygen atoms in total. The molecule has 0 bridgehead atoms. The molecule has 0 radical (unpaired) electrons. The van der Waals surface area contributed by atoms with Crippen molar-refractivity contribution in [2.75, 3.05) is 45.4 Å². The summed E-state index contributed by atoms with van der Waals surface area (Å²) < 4.78 is 11.6. The van der Waals surface area contributed by atoms with Gasteiger partial charge in [0.15, 0.2) is 0 Å². The van der Waals surface area contributed by atoms with Crippen molar-refractivity contribution in [3.05, 3.63) is 28.2 Å². The lowest BCUT2D eigenvalue weighted by Gasteiger charge is -2.31. The highest BCUT2D eigenvalue weighted by Gasteiger charge is 2.17. The van der Waals surface area contributed by atoms with Crippen molar-refractivity contribution in [1.82, 2.24) is 5.32 Å². The summed E-state index contributed by atoms with van der Waals surface area (Å²) in [5.41, 5.74) is 2.45. The maximum absolute atomic E-state index is 5.29. The van der Waals surface area contributed by atoms with Gasteiger partial charge in [0.2, 0.25) is 0 Å². The van der Waals surface area contributed by atoms with Crippen molar-refractivity contribution in [3.63, 3.8) is 0 Å². The number of halogens is 1. The van der Waals surface area contributed by atoms with Crippen LogP contribution in [-0.2, 0) is 16.0 Å². The predicted octanol–water partition coefficient (Wildman–Crippen LogP) is 3.05. The third-order valence-electron chi connectivity index (χ3n) is 3.38. The Morgan fingerprint density at radius 1 is 1.29 bits per heavy atom. The van der Waals surface area contributed by atoms with Crippen LogP contribution in [-0.4, -0.2) is 46.6 Å². The standard InChI is InChI=1S/C16H27BrN2O2/c1-5-18-11-14-6-7-16(15(17)10-14)19(8-9-20-3)13(2)12-21-4/h6-7,10,13,18H,5,8-9,11-12H2,1-4H3. The Balaban J connectivity index is 2.90. The van der Waals surface area contributed by atoms with E-state index in [2.05, 4.69) is 58.2 Å². The zero-order valence-electron chi connectivity index (χ0n) is 13.5. The summed E-state index contributed by atoms with van der Waals surface area (Å²) in [6.45, 7) is 8.37. The smallest absolute Gasteiger partial charge is 0.0663 e. The molecule has 1 N–H and O–H groups in total. The molecule has 0 saturated heterocycles. The average Bonchev–Trinajstić information content (AvgIpc) is 2.47. The monoisotopic (exact) mass is 358 g/mol. The molecular weight excluding hydrogens is 332 g/mol. The number of rotatable bonds is 10. The van der Waals surface area contributed by atoms with Crippen LogP contribution >= 0.6 is 15.9 Å². The SMILES string of the molecule is CCNCc1ccc(N(CCOC)C(C)COC)c(Br)c1. The molecule has 21 heavy (non-hydrogen) atoms. The predicted molar refractivity (Wildman–Crippen MR) is 92.1 cm³/mol. The van der Waals surface area contributed by atoms with Crippen LogP contribution in [0.25, 0.3) is 0 Å². The lowest BCUT2D eigenvalue weighted by molar-refractivity contribution is 0.171. The number of hydrogen-bond acceptors (Lipinski definition) is 4. The van der Waals surface area contributed by atoms with E-state index in [1.807, 2.05) is 0 Å². The largest absolute Gasteiger partial charge is 0.383 e. The number of benzene rings is 1. The maximum atomic E-state index is 5.29. The second-order valence-electron chi connectivity index (χ2n) is 5.06. The van der Waals surface area contributed by atoms with Crippen molar-refractivity contribution in [3.8, 4) is 0 Å². The highest BCUT2D eigenvalue weighted by Crippen LogP contribution is 2.29. The first-order valence-corrected chi connectivity index (χ1v) is 8.17. The van der Waals surface area contributed by atoms with Crippen LogP contribution < -0.4 is 10.2 Å². The van der Waals surface area contributed by atoms with Crippen molar-refractivity contribution >= 4 is 21.6 Å². The van der Waals surface area contributed by atoms with Gasteiger partial charge in [-0.05, 0) is 47.1 Å². The molecule has 1 aromatic carbocycles. The first-order valence-electron chi connectivity index (χ1n) is 7.37. The molecular formula is C16H27BrN2O2. The fourth-order valence-corrected chi connectivity index (χ4v) is 2.92. The summed E-state index contributed by atoms with van der Waals surface area (Å²) in [4.78, 5) is 2.31. The summed E-state index contributed by atoms with van der Waals surface area (Å²) in [7, 11) is 3.47. The molecule has 0 aliphatic rings. The van der Waals surface area contributed by atoms with Gasteiger partial charge < -0.3 is 19.7 Å². The Labute approximate surface area is 136 Å². The summed E-state index contributed by atoms with van der Waals surface area (Å²) in [5, 5.41) is 3.34. The number of methoxy groups -OCH3 is 2. The molecule has 5 heteroatoms. The van der Waals surface area contributed by atoms with Crippen LogP contribution in [0.4, 0.5) is 5.69 Å². The molecule has 0 aliphatic heterocycles. The van der Waals surface area contributed by atoms with Crippen LogP contribution in [0, 0.1) is 0 Å². The van der Waals surface area contributed by atoms with E-state index in [-0.39, 0.29) is 0 Å². The first kappa shape index (κ1) is 18.4. The minimum atomic E-state index is 0.293. The van der Waals surface area contributed by atoms with E-state index in [0.29, 0.717) is 19.3 Å². The number of nitrogens with one attached hydrogen (secondary N) is 1. The molecule has 1 atom stereocenters.